The Morgan fingerprint density at radius 2 is 1.96 bits per heavy atom. The molecule has 0 atom stereocenters. The highest BCUT2D eigenvalue weighted by Gasteiger charge is 2.33. The Labute approximate surface area is 156 Å². The quantitative estimate of drug-likeness (QED) is 0.690. The van der Waals surface area contributed by atoms with E-state index in [0.717, 1.165) is 18.9 Å². The zero-order chi connectivity index (χ0) is 19.3. The molecular weight excluding hydrogens is 371 g/mol. The van der Waals surface area contributed by atoms with Crippen LogP contribution in [-0.2, 0) is 10.0 Å². The second-order valence-electron chi connectivity index (χ2n) is 6.88. The number of hydrogen-bond acceptors (Lipinski definition) is 5. The number of aromatic nitrogens is 3. The Bertz CT molecular complexity index is 1130. The van der Waals surface area contributed by atoms with Gasteiger partial charge in [0.05, 0.1) is 11.3 Å². The molecule has 7 nitrogen and oxygen atoms in total. The Hall–Kier alpha value is -2.68. The van der Waals surface area contributed by atoms with Gasteiger partial charge in [0.2, 0.25) is 0 Å². The third kappa shape index (κ3) is 3.23. The monoisotopic (exact) mass is 390 g/mol. The van der Waals surface area contributed by atoms with Crippen molar-refractivity contribution in [1.29, 1.82) is 0 Å². The molecule has 1 saturated carbocycles. The number of nitrogens with one attached hydrogen (secondary N) is 2. The Kier molecular flexibility index (Phi) is 4.06. The minimum absolute atomic E-state index is 0.0228. The Morgan fingerprint density at radius 1 is 1.22 bits per heavy atom. The number of rotatable bonds is 5. The molecule has 9 heteroatoms. The molecule has 2 aromatic heterocycles. The van der Waals surface area contributed by atoms with E-state index in [-0.39, 0.29) is 22.4 Å². The first-order valence-corrected chi connectivity index (χ1v) is 10.1. The molecule has 27 heavy (non-hydrogen) atoms. The number of nitrogens with zero attached hydrogens (tertiary/aromatic N) is 2. The van der Waals surface area contributed by atoms with Crippen molar-refractivity contribution in [1.82, 2.24) is 15.1 Å². The van der Waals surface area contributed by atoms with Crippen LogP contribution < -0.4 is 4.72 Å². The smallest absolute Gasteiger partial charge is 0.264 e. The van der Waals surface area contributed by atoms with Gasteiger partial charge in [-0.25, -0.2) is 12.8 Å². The summed E-state index contributed by atoms with van der Waals surface area (Å²) in [4.78, 5) is 7.43. The lowest BCUT2D eigenvalue weighted by Gasteiger charge is -2.11. The average Bonchev–Trinajstić information content (AvgIpc) is 3.24. The SMILES string of the molecule is Cc1ccc(F)cc1NS(=O)(=O)c1c(C)[nH]c(C)c1-c1nc(C2CC2)no1. The van der Waals surface area contributed by atoms with E-state index in [1.165, 1.54) is 12.1 Å². The minimum Gasteiger partial charge on any atom is -0.361 e. The van der Waals surface area contributed by atoms with E-state index < -0.39 is 15.8 Å². The lowest BCUT2D eigenvalue weighted by Crippen LogP contribution is -2.15. The number of hydrogen-bond donors (Lipinski definition) is 2. The fourth-order valence-corrected chi connectivity index (χ4v) is 4.67. The number of anilines is 1. The maximum atomic E-state index is 13.6. The standard InChI is InChI=1S/C18H19FN4O3S/c1-9-4-7-13(19)8-14(9)23-27(24,25)16-11(3)20-10(2)15(16)18-21-17(22-26-18)12-5-6-12/h4,7-8,12,20,23H,5-6H2,1-3H3. The highest BCUT2D eigenvalue weighted by Crippen LogP contribution is 2.40. The summed E-state index contributed by atoms with van der Waals surface area (Å²) < 4.78 is 47.6. The van der Waals surface area contributed by atoms with Crippen LogP contribution in [0.5, 0.6) is 0 Å². The molecule has 2 heterocycles. The van der Waals surface area contributed by atoms with Gasteiger partial charge < -0.3 is 9.51 Å². The predicted octanol–water partition coefficient (Wildman–Crippen LogP) is 3.81. The number of aryl methyl sites for hydroxylation is 3. The molecule has 3 aromatic rings. The molecule has 1 aliphatic carbocycles. The maximum Gasteiger partial charge on any atom is 0.264 e. The van der Waals surface area contributed by atoms with Gasteiger partial charge in [-0.1, -0.05) is 11.2 Å². The molecular formula is C18H19FN4O3S. The van der Waals surface area contributed by atoms with Crippen LogP contribution in [-0.4, -0.2) is 23.5 Å². The number of halogens is 1. The fraction of sp³-hybridized carbons (Fsp3) is 0.333. The maximum absolute atomic E-state index is 13.6. The average molecular weight is 390 g/mol. The molecule has 0 bridgehead atoms. The summed E-state index contributed by atoms with van der Waals surface area (Å²) in [6.07, 6.45) is 2.02. The summed E-state index contributed by atoms with van der Waals surface area (Å²) >= 11 is 0. The van der Waals surface area contributed by atoms with E-state index in [1.54, 1.807) is 20.8 Å². The topological polar surface area (TPSA) is 101 Å². The van der Waals surface area contributed by atoms with Gasteiger partial charge in [0, 0.05) is 17.3 Å². The van der Waals surface area contributed by atoms with Crippen molar-refractivity contribution in [2.45, 2.75) is 44.4 Å². The third-order valence-electron chi connectivity index (χ3n) is 4.63. The lowest BCUT2D eigenvalue weighted by atomic mass is 10.2. The van der Waals surface area contributed by atoms with Gasteiger partial charge >= 0.3 is 0 Å². The van der Waals surface area contributed by atoms with Crippen LogP contribution in [0.3, 0.4) is 0 Å². The molecule has 0 spiro atoms. The van der Waals surface area contributed by atoms with Crippen LogP contribution in [0.15, 0.2) is 27.6 Å². The molecule has 1 aromatic carbocycles. The van der Waals surface area contributed by atoms with Crippen molar-refractivity contribution in [3.05, 3.63) is 46.8 Å². The predicted molar refractivity (Wildman–Crippen MR) is 97.5 cm³/mol. The van der Waals surface area contributed by atoms with Gasteiger partial charge in [0.1, 0.15) is 10.7 Å². The van der Waals surface area contributed by atoms with E-state index in [0.29, 0.717) is 28.3 Å². The van der Waals surface area contributed by atoms with Crippen LogP contribution >= 0.6 is 0 Å². The van der Waals surface area contributed by atoms with Gasteiger partial charge in [0.15, 0.2) is 5.82 Å². The van der Waals surface area contributed by atoms with Crippen LogP contribution in [0.2, 0.25) is 0 Å². The second-order valence-corrected chi connectivity index (χ2v) is 8.50. The molecule has 1 fully saturated rings. The zero-order valence-corrected chi connectivity index (χ0v) is 15.9. The molecule has 0 aliphatic heterocycles. The van der Waals surface area contributed by atoms with Crippen LogP contribution in [0.1, 0.15) is 41.5 Å². The number of sulfonamides is 1. The summed E-state index contributed by atoms with van der Waals surface area (Å²) in [5.41, 5.74) is 2.18. The number of benzene rings is 1. The summed E-state index contributed by atoms with van der Waals surface area (Å²) in [7, 11) is -4.01. The van der Waals surface area contributed by atoms with Crippen molar-refractivity contribution in [3.63, 3.8) is 0 Å². The number of aromatic amines is 1. The van der Waals surface area contributed by atoms with Crippen LogP contribution in [0.25, 0.3) is 11.5 Å². The van der Waals surface area contributed by atoms with Gasteiger partial charge in [-0.05, 0) is 51.3 Å². The summed E-state index contributed by atoms with van der Waals surface area (Å²) in [6.45, 7) is 5.10. The van der Waals surface area contributed by atoms with Crippen molar-refractivity contribution in [3.8, 4) is 11.5 Å². The van der Waals surface area contributed by atoms with E-state index in [1.807, 2.05) is 0 Å². The highest BCUT2D eigenvalue weighted by atomic mass is 32.2. The van der Waals surface area contributed by atoms with Gasteiger partial charge in [-0.3, -0.25) is 4.72 Å². The Balaban J connectivity index is 1.79. The van der Waals surface area contributed by atoms with Crippen molar-refractivity contribution in [2.24, 2.45) is 0 Å². The van der Waals surface area contributed by atoms with E-state index in [9.17, 15) is 12.8 Å². The zero-order valence-electron chi connectivity index (χ0n) is 15.1. The molecule has 2 N–H and O–H groups in total. The molecule has 0 unspecified atom stereocenters. The van der Waals surface area contributed by atoms with Crippen LogP contribution in [0, 0.1) is 26.6 Å². The summed E-state index contributed by atoms with van der Waals surface area (Å²) in [6, 6.07) is 3.95. The Morgan fingerprint density at radius 3 is 2.67 bits per heavy atom. The third-order valence-corrected chi connectivity index (χ3v) is 6.16. The van der Waals surface area contributed by atoms with Gasteiger partial charge in [0.25, 0.3) is 15.9 Å². The van der Waals surface area contributed by atoms with Crippen molar-refractivity contribution in [2.75, 3.05) is 4.72 Å². The van der Waals surface area contributed by atoms with Crippen molar-refractivity contribution < 1.29 is 17.3 Å². The van der Waals surface area contributed by atoms with E-state index in [2.05, 4.69) is 19.8 Å². The summed E-state index contributed by atoms with van der Waals surface area (Å²) in [5, 5.41) is 3.97. The van der Waals surface area contributed by atoms with Crippen LogP contribution in [0.4, 0.5) is 10.1 Å². The fourth-order valence-electron chi connectivity index (χ4n) is 3.10. The molecule has 0 saturated heterocycles. The lowest BCUT2D eigenvalue weighted by molar-refractivity contribution is 0.421. The number of H-pyrrole nitrogens is 1. The first-order chi connectivity index (χ1) is 12.8. The largest absolute Gasteiger partial charge is 0.361 e. The van der Waals surface area contributed by atoms with Crippen molar-refractivity contribution >= 4 is 15.7 Å². The van der Waals surface area contributed by atoms with E-state index >= 15 is 0 Å². The van der Waals surface area contributed by atoms with E-state index in [4.69, 9.17) is 4.52 Å². The minimum atomic E-state index is -4.01. The molecule has 1 aliphatic rings. The summed E-state index contributed by atoms with van der Waals surface area (Å²) in [5.74, 6) is 0.526. The highest BCUT2D eigenvalue weighted by molar-refractivity contribution is 7.93. The first-order valence-electron chi connectivity index (χ1n) is 8.58. The first kappa shape index (κ1) is 17.7. The van der Waals surface area contributed by atoms with Gasteiger partial charge in [-0.2, -0.15) is 4.98 Å². The van der Waals surface area contributed by atoms with Gasteiger partial charge in [-0.15, -0.1) is 0 Å². The second kappa shape index (κ2) is 6.19. The molecule has 142 valence electrons. The molecule has 0 amide bonds. The molecule has 0 radical (unpaired) electrons. The normalized spacial score (nSPS) is 14.5. The molecule has 4 rings (SSSR count).